The maximum atomic E-state index is 13.5. The summed E-state index contributed by atoms with van der Waals surface area (Å²) in [6.45, 7) is 4.92. The van der Waals surface area contributed by atoms with E-state index in [2.05, 4.69) is 45.4 Å². The number of amides is 2. The Kier molecular flexibility index (Phi) is 6.46. The van der Waals surface area contributed by atoms with E-state index in [0.717, 1.165) is 12.0 Å². The lowest BCUT2D eigenvalue weighted by Crippen LogP contribution is -2.78. The second-order valence-corrected chi connectivity index (χ2v) is 11.9. The molecule has 3 fully saturated rings. The summed E-state index contributed by atoms with van der Waals surface area (Å²) in [5.41, 5.74) is 0.0782. The third-order valence-corrected chi connectivity index (χ3v) is 8.70. The first-order valence-electron chi connectivity index (χ1n) is 13.4. The van der Waals surface area contributed by atoms with Gasteiger partial charge in [0.2, 0.25) is 0 Å². The average Bonchev–Trinajstić information content (AvgIpc) is 3.43. The van der Waals surface area contributed by atoms with Crippen molar-refractivity contribution in [1.82, 2.24) is 36.5 Å². The molecule has 5 heterocycles. The van der Waals surface area contributed by atoms with Gasteiger partial charge in [0.1, 0.15) is 17.5 Å². The van der Waals surface area contributed by atoms with Crippen LogP contribution in [-0.4, -0.2) is 88.3 Å². The normalized spacial score (nSPS) is 29.1. The monoisotopic (exact) mass is 581 g/mol. The molecular weight excluding hydrogens is 550 g/mol. The van der Waals surface area contributed by atoms with Crippen molar-refractivity contribution in [2.75, 3.05) is 19.7 Å². The van der Waals surface area contributed by atoms with Gasteiger partial charge in [-0.05, 0) is 30.0 Å². The van der Waals surface area contributed by atoms with E-state index >= 15 is 0 Å². The smallest absolute Gasteiger partial charge is 0.269 e. The van der Waals surface area contributed by atoms with E-state index in [1.807, 2.05) is 12.1 Å². The van der Waals surface area contributed by atoms with Crippen molar-refractivity contribution >= 4 is 35.3 Å². The number of rotatable bonds is 5. The molecule has 4 aliphatic heterocycles. The van der Waals surface area contributed by atoms with Crippen LogP contribution in [0.15, 0.2) is 36.5 Å². The van der Waals surface area contributed by atoms with Gasteiger partial charge in [-0.1, -0.05) is 37.6 Å². The molecule has 0 bridgehead atoms. The number of ether oxygens (including phenoxy) is 1. The summed E-state index contributed by atoms with van der Waals surface area (Å²) < 4.78 is 5.92. The van der Waals surface area contributed by atoms with Gasteiger partial charge in [-0.2, -0.15) is 0 Å². The number of halogens is 1. The van der Waals surface area contributed by atoms with Crippen molar-refractivity contribution in [2.45, 2.75) is 55.6 Å². The molecule has 216 valence electrons. The predicted molar refractivity (Wildman–Crippen MR) is 150 cm³/mol. The van der Waals surface area contributed by atoms with Crippen LogP contribution in [0, 0.1) is 10.8 Å². The molecule has 0 radical (unpaired) electrons. The Morgan fingerprint density at radius 2 is 2.02 bits per heavy atom. The summed E-state index contributed by atoms with van der Waals surface area (Å²) in [6.07, 6.45) is 1.01. The van der Waals surface area contributed by atoms with Gasteiger partial charge in [0.15, 0.2) is 17.6 Å². The van der Waals surface area contributed by atoms with E-state index in [9.17, 15) is 14.7 Å². The molecule has 2 amide bonds. The number of nitrogens with zero attached hydrogens (tertiary/aromatic N) is 2. The van der Waals surface area contributed by atoms with Crippen LogP contribution in [0.4, 0.5) is 0 Å². The lowest BCUT2D eigenvalue weighted by atomic mass is 9.79. The third kappa shape index (κ3) is 4.39. The Balaban J connectivity index is 1.22. The van der Waals surface area contributed by atoms with Crippen molar-refractivity contribution in [3.63, 3.8) is 0 Å². The number of hydrogen-bond donors (Lipinski definition) is 8. The topological polar surface area (TPSA) is 188 Å². The van der Waals surface area contributed by atoms with Crippen LogP contribution in [0.5, 0.6) is 5.75 Å². The van der Waals surface area contributed by atoms with Crippen molar-refractivity contribution < 1.29 is 19.4 Å². The molecular formula is C27H32ClN9O4. The largest absolute Gasteiger partial charge is 0.492 e. The summed E-state index contributed by atoms with van der Waals surface area (Å²) in [6, 6.07) is 6.59. The highest BCUT2D eigenvalue weighted by Crippen LogP contribution is 2.41. The van der Waals surface area contributed by atoms with E-state index in [4.69, 9.17) is 27.2 Å². The number of aromatic nitrogens is 1. The van der Waals surface area contributed by atoms with Crippen LogP contribution in [0.1, 0.15) is 46.7 Å². The molecule has 0 aliphatic carbocycles. The first-order chi connectivity index (χ1) is 19.5. The second kappa shape index (κ2) is 9.77. The molecule has 1 spiro atoms. The Bertz CT molecular complexity index is 1430. The summed E-state index contributed by atoms with van der Waals surface area (Å²) in [5.74, 6) is -0.319. The zero-order valence-electron chi connectivity index (χ0n) is 22.5. The Hall–Kier alpha value is -4.10. The number of aliphatic hydroxyl groups excluding tert-OH is 1. The van der Waals surface area contributed by atoms with Crippen LogP contribution in [-0.2, 0) is 5.41 Å². The van der Waals surface area contributed by atoms with Crippen molar-refractivity contribution in [2.24, 2.45) is 0 Å². The van der Waals surface area contributed by atoms with E-state index < -0.39 is 41.7 Å². The lowest BCUT2D eigenvalue weighted by molar-refractivity contribution is 0.00611. The fourth-order valence-electron chi connectivity index (χ4n) is 6.30. The highest BCUT2D eigenvalue weighted by Gasteiger charge is 2.66. The Labute approximate surface area is 241 Å². The third-order valence-electron chi connectivity index (χ3n) is 8.47. The highest BCUT2D eigenvalue weighted by molar-refractivity contribution is 6.30. The first kappa shape index (κ1) is 27.1. The molecule has 6 rings (SSSR count). The second-order valence-electron chi connectivity index (χ2n) is 11.4. The molecule has 4 aliphatic rings. The summed E-state index contributed by atoms with van der Waals surface area (Å²) in [7, 11) is 0. The van der Waals surface area contributed by atoms with Gasteiger partial charge < -0.3 is 41.3 Å². The van der Waals surface area contributed by atoms with Gasteiger partial charge in [0.05, 0.1) is 35.3 Å². The highest BCUT2D eigenvalue weighted by atomic mass is 35.5. The molecule has 1 aromatic heterocycles. The number of para-hydroxylation sites is 1. The number of benzene rings is 1. The molecule has 13 nitrogen and oxygen atoms in total. The number of carbonyl (C=O) groups excluding carboxylic acids is 2. The number of carbonyl (C=O) groups is 2. The van der Waals surface area contributed by atoms with Crippen molar-refractivity contribution in [3.05, 3.63) is 58.4 Å². The molecule has 0 saturated carbocycles. The van der Waals surface area contributed by atoms with Gasteiger partial charge in [0.25, 0.3) is 11.8 Å². The molecule has 2 aromatic rings. The number of aliphatic hydroxyl groups is 1. The number of hydrogen-bond acceptors (Lipinski definition) is 7. The molecule has 2 unspecified atom stereocenters. The maximum Gasteiger partial charge on any atom is 0.269 e. The number of nitrogens with one attached hydrogen (secondary N) is 7. The van der Waals surface area contributed by atoms with Gasteiger partial charge >= 0.3 is 0 Å². The molecule has 1 aromatic carbocycles. The van der Waals surface area contributed by atoms with Gasteiger partial charge in [-0.25, -0.2) is 4.98 Å². The number of guanidine groups is 2. The standard InChI is InChI=1S/C27H32ClN9O4/c1-26(2)8-9-41-19-14(4-3-5-15(19)26)22(39)33-18-12-37-25(30)34-17(20-27(37,21(18)38)36-24(29)35-20)11-32-23(40)16-7-6-13(28)10-31-16/h3-7,10,17-18,20-21,38H,8-9,11-12H2,1-2H3,(H2,30,34)(H,32,40)(H,33,39)(H3,29,35,36)/t17-,18?,20-,21+,27?/m0/s1. The zero-order chi connectivity index (χ0) is 29.1. The fraction of sp³-hybridized carbons (Fsp3) is 0.444. The Morgan fingerprint density at radius 1 is 1.22 bits per heavy atom. The van der Waals surface area contributed by atoms with Crippen molar-refractivity contribution in [1.29, 1.82) is 10.8 Å². The quantitative estimate of drug-likeness (QED) is 0.242. The van der Waals surface area contributed by atoms with Crippen LogP contribution in [0.3, 0.4) is 0 Å². The van der Waals surface area contributed by atoms with Crippen LogP contribution >= 0.6 is 11.6 Å². The van der Waals surface area contributed by atoms with E-state index in [1.165, 1.54) is 12.3 Å². The molecule has 3 saturated heterocycles. The lowest BCUT2D eigenvalue weighted by Gasteiger charge is -2.49. The van der Waals surface area contributed by atoms with Gasteiger partial charge in [-0.15, -0.1) is 0 Å². The predicted octanol–water partition coefficient (Wildman–Crippen LogP) is 0.0990. The van der Waals surface area contributed by atoms with Gasteiger partial charge in [-0.3, -0.25) is 20.4 Å². The van der Waals surface area contributed by atoms with E-state index in [-0.39, 0.29) is 36.1 Å². The molecule has 8 N–H and O–H groups in total. The minimum absolute atomic E-state index is 0.00732. The zero-order valence-corrected chi connectivity index (χ0v) is 23.3. The fourth-order valence-corrected chi connectivity index (χ4v) is 6.41. The Morgan fingerprint density at radius 3 is 2.78 bits per heavy atom. The van der Waals surface area contributed by atoms with E-state index in [0.29, 0.717) is 22.9 Å². The minimum atomic E-state index is -1.31. The SMILES string of the molecule is CC1(C)CCOc2c(C(=O)NC3CN4C(=N)N[C@@H](CNC(=O)c5ccc(Cl)cn5)[C@@H]5NC(=N)NC54[C@@H]3O)cccc21. The van der Waals surface area contributed by atoms with E-state index in [1.54, 1.807) is 17.0 Å². The first-order valence-corrected chi connectivity index (χ1v) is 13.8. The number of pyridine rings is 1. The summed E-state index contributed by atoms with van der Waals surface area (Å²) in [5, 5.41) is 44.0. The average molecular weight is 582 g/mol. The van der Waals surface area contributed by atoms with Gasteiger partial charge in [0, 0.05) is 24.8 Å². The summed E-state index contributed by atoms with van der Waals surface area (Å²) in [4.78, 5) is 31.9. The number of fused-ring (bicyclic) bond motifs is 1. The molecule has 5 atom stereocenters. The van der Waals surface area contributed by atoms with Crippen molar-refractivity contribution in [3.8, 4) is 5.75 Å². The minimum Gasteiger partial charge on any atom is -0.492 e. The molecule has 41 heavy (non-hydrogen) atoms. The summed E-state index contributed by atoms with van der Waals surface area (Å²) >= 11 is 5.87. The van der Waals surface area contributed by atoms with Crippen LogP contribution in [0.25, 0.3) is 0 Å². The maximum absolute atomic E-state index is 13.5. The molecule has 14 heteroatoms. The van der Waals surface area contributed by atoms with Crippen LogP contribution < -0.4 is 31.3 Å². The van der Waals surface area contributed by atoms with Crippen LogP contribution in [0.2, 0.25) is 5.02 Å².